The van der Waals surface area contributed by atoms with Gasteiger partial charge in [-0.3, -0.25) is 11.3 Å². The number of sulfone groups is 1. The van der Waals surface area contributed by atoms with Gasteiger partial charge >= 0.3 is 0 Å². The van der Waals surface area contributed by atoms with E-state index in [1.54, 1.807) is 13.0 Å². The normalized spacial score (nSPS) is 13.5. The van der Waals surface area contributed by atoms with Crippen LogP contribution < -0.4 is 11.3 Å². The molecule has 4 nitrogen and oxygen atoms in total. The zero-order valence-electron chi connectivity index (χ0n) is 10.7. The highest BCUT2D eigenvalue weighted by Crippen LogP contribution is 2.23. The third kappa shape index (κ3) is 5.06. The highest BCUT2D eigenvalue weighted by molar-refractivity contribution is 7.91. The molecule has 0 bridgehead atoms. The van der Waals surface area contributed by atoms with Crippen molar-refractivity contribution in [1.29, 1.82) is 0 Å². The van der Waals surface area contributed by atoms with Gasteiger partial charge in [-0.2, -0.15) is 0 Å². The zero-order valence-corrected chi connectivity index (χ0v) is 12.3. The van der Waals surface area contributed by atoms with E-state index in [0.717, 1.165) is 5.56 Å². The fourth-order valence-corrected chi connectivity index (χ4v) is 2.81. The number of hydrogen-bond acceptors (Lipinski definition) is 4. The summed E-state index contributed by atoms with van der Waals surface area (Å²) in [7, 11) is -2.98. The number of halogens is 2. The molecular formula is C12H18ClFN2O2S. The summed E-state index contributed by atoms with van der Waals surface area (Å²) in [5.41, 5.74) is 3.33. The van der Waals surface area contributed by atoms with Gasteiger partial charge in [-0.15, -0.1) is 0 Å². The van der Waals surface area contributed by atoms with Crippen molar-refractivity contribution >= 4 is 21.4 Å². The van der Waals surface area contributed by atoms with Gasteiger partial charge in [-0.1, -0.05) is 24.6 Å². The van der Waals surface area contributed by atoms with Crippen LogP contribution in [0, 0.1) is 5.82 Å². The van der Waals surface area contributed by atoms with Crippen molar-refractivity contribution in [2.75, 3.05) is 11.5 Å². The van der Waals surface area contributed by atoms with E-state index in [1.807, 2.05) is 0 Å². The van der Waals surface area contributed by atoms with E-state index in [-0.39, 0.29) is 22.6 Å². The van der Waals surface area contributed by atoms with E-state index < -0.39 is 15.7 Å². The summed E-state index contributed by atoms with van der Waals surface area (Å²) in [6.07, 6.45) is 1.03. The zero-order chi connectivity index (χ0) is 14.5. The molecule has 1 unspecified atom stereocenters. The van der Waals surface area contributed by atoms with Crippen LogP contribution in [0.2, 0.25) is 5.02 Å². The van der Waals surface area contributed by atoms with E-state index in [2.05, 4.69) is 5.43 Å². The predicted octanol–water partition coefficient (Wildman–Crippen LogP) is 2.20. The van der Waals surface area contributed by atoms with Crippen LogP contribution in [0.3, 0.4) is 0 Å². The molecule has 0 radical (unpaired) electrons. The Hall–Kier alpha value is -0.690. The van der Waals surface area contributed by atoms with Gasteiger partial charge in [0.2, 0.25) is 0 Å². The maximum Gasteiger partial charge on any atom is 0.150 e. The summed E-state index contributed by atoms with van der Waals surface area (Å²) in [5.74, 6) is 5.20. The number of nitrogens with two attached hydrogens (primary N) is 1. The van der Waals surface area contributed by atoms with Gasteiger partial charge in [0, 0.05) is 11.8 Å². The number of hydrogen-bond donors (Lipinski definition) is 2. The first-order valence-corrected chi connectivity index (χ1v) is 8.21. The maximum absolute atomic E-state index is 13.1. The standard InChI is InChI=1S/C12H18ClFN2O2S/c1-2-19(17,18)7-3-4-12(16-15)9-5-6-11(14)10(13)8-9/h5-6,8,12,16H,2-4,7,15H2,1H3. The van der Waals surface area contributed by atoms with E-state index in [1.165, 1.54) is 12.1 Å². The van der Waals surface area contributed by atoms with Gasteiger partial charge in [0.1, 0.15) is 15.7 Å². The van der Waals surface area contributed by atoms with Crippen molar-refractivity contribution < 1.29 is 12.8 Å². The van der Waals surface area contributed by atoms with Crippen molar-refractivity contribution in [3.05, 3.63) is 34.6 Å². The van der Waals surface area contributed by atoms with E-state index in [4.69, 9.17) is 17.4 Å². The minimum absolute atomic E-state index is 0.0268. The lowest BCUT2D eigenvalue weighted by atomic mass is 10.0. The molecule has 0 spiro atoms. The lowest BCUT2D eigenvalue weighted by Crippen LogP contribution is -2.28. The summed E-state index contributed by atoms with van der Waals surface area (Å²) in [6, 6.07) is 4.10. The second-order valence-electron chi connectivity index (χ2n) is 4.27. The minimum atomic E-state index is -2.98. The summed E-state index contributed by atoms with van der Waals surface area (Å²) >= 11 is 5.70. The Morgan fingerprint density at radius 2 is 2.16 bits per heavy atom. The lowest BCUT2D eigenvalue weighted by Gasteiger charge is -2.16. The smallest absolute Gasteiger partial charge is 0.150 e. The quantitative estimate of drug-likeness (QED) is 0.598. The van der Waals surface area contributed by atoms with Crippen molar-refractivity contribution in [3.8, 4) is 0 Å². The van der Waals surface area contributed by atoms with E-state index >= 15 is 0 Å². The molecule has 0 fully saturated rings. The number of rotatable bonds is 7. The number of nitrogens with one attached hydrogen (secondary N) is 1. The van der Waals surface area contributed by atoms with Crippen LogP contribution in [-0.4, -0.2) is 19.9 Å². The molecule has 0 aliphatic rings. The Bertz CT molecular complexity index is 522. The van der Waals surface area contributed by atoms with E-state index in [0.29, 0.717) is 12.8 Å². The van der Waals surface area contributed by atoms with Crippen LogP contribution in [0.25, 0.3) is 0 Å². The summed E-state index contributed by atoms with van der Waals surface area (Å²) in [4.78, 5) is 0. The summed E-state index contributed by atoms with van der Waals surface area (Å²) < 4.78 is 35.8. The monoisotopic (exact) mass is 308 g/mol. The average molecular weight is 309 g/mol. The third-order valence-corrected chi connectivity index (χ3v) is 5.02. The molecule has 0 saturated carbocycles. The molecule has 0 amide bonds. The molecular weight excluding hydrogens is 291 g/mol. The van der Waals surface area contributed by atoms with Crippen molar-refractivity contribution in [2.24, 2.45) is 5.84 Å². The molecule has 1 atom stereocenters. The highest BCUT2D eigenvalue weighted by Gasteiger charge is 2.14. The van der Waals surface area contributed by atoms with Gasteiger partial charge < -0.3 is 0 Å². The molecule has 7 heteroatoms. The number of benzene rings is 1. The fraction of sp³-hybridized carbons (Fsp3) is 0.500. The van der Waals surface area contributed by atoms with Gasteiger partial charge in [-0.25, -0.2) is 12.8 Å². The van der Waals surface area contributed by atoms with Crippen molar-refractivity contribution in [1.82, 2.24) is 5.43 Å². The Labute approximate surface area is 118 Å². The van der Waals surface area contributed by atoms with Gasteiger partial charge in [0.05, 0.1) is 10.8 Å². The molecule has 0 heterocycles. The van der Waals surface area contributed by atoms with Gasteiger partial charge in [-0.05, 0) is 30.5 Å². The van der Waals surface area contributed by atoms with Crippen LogP contribution in [-0.2, 0) is 9.84 Å². The Kier molecular flexibility index (Phi) is 6.19. The van der Waals surface area contributed by atoms with Crippen LogP contribution in [0.1, 0.15) is 31.4 Å². The van der Waals surface area contributed by atoms with Crippen LogP contribution in [0.15, 0.2) is 18.2 Å². The fourth-order valence-electron chi connectivity index (χ4n) is 1.73. The Morgan fingerprint density at radius 1 is 1.47 bits per heavy atom. The van der Waals surface area contributed by atoms with Crippen LogP contribution in [0.4, 0.5) is 4.39 Å². The minimum Gasteiger partial charge on any atom is -0.271 e. The molecule has 19 heavy (non-hydrogen) atoms. The Balaban J connectivity index is 2.66. The van der Waals surface area contributed by atoms with Crippen LogP contribution in [0.5, 0.6) is 0 Å². The first kappa shape index (κ1) is 16.4. The summed E-state index contributed by atoms with van der Waals surface area (Å²) in [6.45, 7) is 1.62. The molecule has 108 valence electrons. The first-order chi connectivity index (χ1) is 8.89. The van der Waals surface area contributed by atoms with Crippen molar-refractivity contribution in [2.45, 2.75) is 25.8 Å². The first-order valence-electron chi connectivity index (χ1n) is 6.01. The van der Waals surface area contributed by atoms with Crippen molar-refractivity contribution in [3.63, 3.8) is 0 Å². The van der Waals surface area contributed by atoms with Crippen LogP contribution >= 0.6 is 11.6 Å². The molecule has 1 rings (SSSR count). The third-order valence-electron chi connectivity index (χ3n) is 2.94. The predicted molar refractivity (Wildman–Crippen MR) is 75.0 cm³/mol. The molecule has 0 aliphatic heterocycles. The number of hydrazine groups is 1. The second-order valence-corrected chi connectivity index (χ2v) is 7.15. The largest absolute Gasteiger partial charge is 0.271 e. The molecule has 3 N–H and O–H groups in total. The summed E-state index contributed by atoms with van der Waals surface area (Å²) in [5, 5.41) is 0.0268. The highest BCUT2D eigenvalue weighted by atomic mass is 35.5. The maximum atomic E-state index is 13.1. The van der Waals surface area contributed by atoms with Gasteiger partial charge in [0.15, 0.2) is 0 Å². The lowest BCUT2D eigenvalue weighted by molar-refractivity contribution is 0.506. The average Bonchev–Trinajstić information content (AvgIpc) is 2.38. The molecule has 1 aromatic carbocycles. The van der Waals surface area contributed by atoms with E-state index in [9.17, 15) is 12.8 Å². The second kappa shape index (κ2) is 7.19. The molecule has 0 aromatic heterocycles. The van der Waals surface area contributed by atoms with Gasteiger partial charge in [0.25, 0.3) is 0 Å². The SMILES string of the molecule is CCS(=O)(=O)CCCC(NN)c1ccc(F)c(Cl)c1. The molecule has 0 aliphatic carbocycles. The topological polar surface area (TPSA) is 72.2 Å². The Morgan fingerprint density at radius 3 is 2.68 bits per heavy atom. The molecule has 0 saturated heterocycles. The molecule has 1 aromatic rings.